The molecule has 6 nitrogen and oxygen atoms in total. The lowest BCUT2D eigenvalue weighted by molar-refractivity contribution is -0.132. The van der Waals surface area contributed by atoms with Crippen molar-refractivity contribution in [3.8, 4) is 0 Å². The van der Waals surface area contributed by atoms with Gasteiger partial charge in [-0.3, -0.25) is 0 Å². The quantitative estimate of drug-likeness (QED) is 0.519. The molecule has 0 aliphatic rings. The highest BCUT2D eigenvalue weighted by Gasteiger charge is 2.44. The second-order valence-electron chi connectivity index (χ2n) is 3.32. The molecule has 0 aliphatic carbocycles. The van der Waals surface area contributed by atoms with Gasteiger partial charge in [-0.05, 0) is 34.6 Å². The molecule has 0 radical (unpaired) electrons. The maximum Gasteiger partial charge on any atom is 0.679 e. The summed E-state index contributed by atoms with van der Waals surface area (Å²) in [6.07, 6.45) is 0. The molecule has 0 spiro atoms. The summed E-state index contributed by atoms with van der Waals surface area (Å²) >= 11 is 0. The van der Waals surface area contributed by atoms with Crippen molar-refractivity contribution in [2.24, 2.45) is 0 Å². The van der Waals surface area contributed by atoms with Gasteiger partial charge in [-0.2, -0.15) is 0 Å². The van der Waals surface area contributed by atoms with Crippen LogP contribution in [-0.2, 0) is 22.5 Å². The highest BCUT2D eigenvalue weighted by molar-refractivity contribution is 6.53. The third-order valence-electron chi connectivity index (χ3n) is 1.65. The van der Waals surface area contributed by atoms with Crippen molar-refractivity contribution in [2.45, 2.75) is 34.6 Å². The molecule has 0 saturated carbocycles. The van der Waals surface area contributed by atoms with Gasteiger partial charge in [0.2, 0.25) is 0 Å². The van der Waals surface area contributed by atoms with Crippen molar-refractivity contribution in [3.05, 3.63) is 12.2 Å². The van der Waals surface area contributed by atoms with Crippen LogP contribution in [0.4, 0.5) is 0 Å². The number of hydrogen-bond donors (Lipinski definition) is 1. The monoisotopic (exact) mass is 294 g/mol. The second-order valence-corrected chi connectivity index (χ2v) is 5.47. The van der Waals surface area contributed by atoms with Gasteiger partial charge in [0.05, 0.1) is 0 Å². The molecule has 0 amide bonds. The molecule has 114 valence electrons. The highest BCUT2D eigenvalue weighted by atomic mass is 28.4. The molecule has 0 aromatic heterocycles. The first-order chi connectivity index (χ1) is 8.89. The van der Waals surface area contributed by atoms with Gasteiger partial charge in [-0.15, -0.1) is 0 Å². The summed E-state index contributed by atoms with van der Waals surface area (Å²) in [5, 5.41) is 7.89. The van der Waals surface area contributed by atoms with Crippen LogP contribution in [0, 0.1) is 0 Å². The molecule has 0 heterocycles. The van der Waals surface area contributed by atoms with Crippen molar-refractivity contribution in [1.29, 1.82) is 0 Å². The summed E-state index contributed by atoms with van der Waals surface area (Å²) in [7, 11) is -2.80. The number of carbonyl (C=O) groups is 1. The summed E-state index contributed by atoms with van der Waals surface area (Å²) in [6.45, 7) is 14.4. The van der Waals surface area contributed by atoms with E-state index in [4.69, 9.17) is 22.8 Å². The molecule has 0 aromatic rings. The Morgan fingerprint density at radius 2 is 1.16 bits per heavy atom. The average Bonchev–Trinajstić information content (AvgIpc) is 2.31. The summed E-state index contributed by atoms with van der Waals surface area (Å²) in [5.41, 5.74) is 0.176. The molecule has 0 aliphatic heterocycles. The fourth-order valence-corrected chi connectivity index (χ4v) is 2.87. The first-order valence-corrected chi connectivity index (χ1v) is 7.96. The van der Waals surface area contributed by atoms with E-state index in [1.165, 1.54) is 6.92 Å². The second kappa shape index (κ2) is 12.3. The van der Waals surface area contributed by atoms with E-state index < -0.39 is 15.0 Å². The Morgan fingerprint density at radius 1 is 0.947 bits per heavy atom. The Morgan fingerprint density at radius 3 is 1.26 bits per heavy atom. The Labute approximate surface area is 116 Å². The number of hydrogen-bond acceptors (Lipinski definition) is 5. The Kier molecular flexibility index (Phi) is 13.3. The maximum atomic E-state index is 9.60. The van der Waals surface area contributed by atoms with Gasteiger partial charge in [0.25, 0.3) is 0 Å². The smallest absolute Gasteiger partial charge is 0.478 e. The van der Waals surface area contributed by atoms with Crippen LogP contribution < -0.4 is 0 Å². The number of rotatable bonds is 9. The Hall–Kier alpha value is -0.733. The van der Waals surface area contributed by atoms with Crippen LogP contribution in [0.1, 0.15) is 34.6 Å². The fraction of sp³-hybridized carbons (Fsp3) is 0.750. The highest BCUT2D eigenvalue weighted by Crippen LogP contribution is 2.11. The maximum absolute atomic E-state index is 9.60. The average molecular weight is 294 g/mol. The van der Waals surface area contributed by atoms with Crippen LogP contribution in [0.25, 0.3) is 0 Å². The predicted octanol–water partition coefficient (Wildman–Crippen LogP) is 2.22. The van der Waals surface area contributed by atoms with Crippen LogP contribution in [0.5, 0.6) is 0 Å². The molecule has 7 heteroatoms. The van der Waals surface area contributed by atoms with Crippen molar-refractivity contribution in [1.82, 2.24) is 0 Å². The SMILES string of the molecule is C=C(C)C(=O)O.CCO[Si](OCC)(OCC)OCC. The van der Waals surface area contributed by atoms with Crippen LogP contribution in [-0.4, -0.2) is 46.6 Å². The van der Waals surface area contributed by atoms with Crippen LogP contribution >= 0.6 is 0 Å². The molecule has 0 fully saturated rings. The first-order valence-electron chi connectivity index (χ1n) is 6.33. The van der Waals surface area contributed by atoms with E-state index in [1.807, 2.05) is 27.7 Å². The lowest BCUT2D eigenvalue weighted by Gasteiger charge is -2.26. The largest absolute Gasteiger partial charge is 0.679 e. The lowest BCUT2D eigenvalue weighted by Crippen LogP contribution is -2.49. The third kappa shape index (κ3) is 10.8. The van der Waals surface area contributed by atoms with E-state index in [-0.39, 0.29) is 5.57 Å². The first kappa shape index (κ1) is 20.6. The standard InChI is InChI=1S/C8H20O4Si.C4H6O2/c1-5-9-13(10-6-2,11-7-3)12-8-4;1-3(2)4(5)6/h5-8H2,1-4H3;1H2,2H3,(H,5,6). The molecular weight excluding hydrogens is 268 g/mol. The zero-order valence-corrected chi connectivity index (χ0v) is 13.5. The van der Waals surface area contributed by atoms with Gasteiger partial charge in [-0.1, -0.05) is 6.58 Å². The summed E-state index contributed by atoms with van der Waals surface area (Å²) < 4.78 is 21.7. The fourth-order valence-electron chi connectivity index (χ4n) is 0.957. The zero-order chi connectivity index (χ0) is 15.3. The van der Waals surface area contributed by atoms with Crippen molar-refractivity contribution in [3.63, 3.8) is 0 Å². The van der Waals surface area contributed by atoms with Crippen molar-refractivity contribution >= 4 is 15.0 Å². The van der Waals surface area contributed by atoms with E-state index in [2.05, 4.69) is 6.58 Å². The molecule has 0 bridgehead atoms. The minimum absolute atomic E-state index is 0.176. The van der Waals surface area contributed by atoms with E-state index in [1.54, 1.807) is 0 Å². The topological polar surface area (TPSA) is 74.2 Å². The van der Waals surface area contributed by atoms with Gasteiger partial charge in [0.1, 0.15) is 0 Å². The molecule has 0 atom stereocenters. The molecule has 0 unspecified atom stereocenters. The molecule has 0 rings (SSSR count). The lowest BCUT2D eigenvalue weighted by atomic mass is 10.4. The number of aliphatic carboxylic acids is 1. The van der Waals surface area contributed by atoms with Crippen LogP contribution in [0.2, 0.25) is 0 Å². The van der Waals surface area contributed by atoms with E-state index in [0.717, 1.165) is 0 Å². The van der Waals surface area contributed by atoms with Crippen LogP contribution in [0.15, 0.2) is 12.2 Å². The zero-order valence-electron chi connectivity index (χ0n) is 12.5. The predicted molar refractivity (Wildman–Crippen MR) is 74.7 cm³/mol. The van der Waals surface area contributed by atoms with Gasteiger partial charge in [0, 0.05) is 32.0 Å². The summed E-state index contributed by atoms with van der Waals surface area (Å²) in [5.74, 6) is -0.935. The van der Waals surface area contributed by atoms with E-state index >= 15 is 0 Å². The molecule has 0 aromatic carbocycles. The number of carboxylic acids is 1. The molecular formula is C12H26O6Si. The Balaban J connectivity index is 0. The van der Waals surface area contributed by atoms with Crippen molar-refractivity contribution < 1.29 is 27.6 Å². The van der Waals surface area contributed by atoms with E-state index in [0.29, 0.717) is 26.4 Å². The minimum atomic E-state index is -2.80. The van der Waals surface area contributed by atoms with Crippen molar-refractivity contribution in [2.75, 3.05) is 26.4 Å². The van der Waals surface area contributed by atoms with Gasteiger partial charge in [0.15, 0.2) is 0 Å². The van der Waals surface area contributed by atoms with Gasteiger partial charge < -0.3 is 22.8 Å². The Bertz CT molecular complexity index is 215. The summed E-state index contributed by atoms with van der Waals surface area (Å²) in [6, 6.07) is 0. The van der Waals surface area contributed by atoms with E-state index in [9.17, 15) is 4.79 Å². The third-order valence-corrected chi connectivity index (χ3v) is 4.22. The molecule has 19 heavy (non-hydrogen) atoms. The van der Waals surface area contributed by atoms with Gasteiger partial charge >= 0.3 is 15.0 Å². The summed E-state index contributed by atoms with van der Waals surface area (Å²) in [4.78, 5) is 9.60. The molecule has 0 saturated heterocycles. The minimum Gasteiger partial charge on any atom is -0.478 e. The van der Waals surface area contributed by atoms with Crippen LogP contribution in [0.3, 0.4) is 0 Å². The molecule has 1 N–H and O–H groups in total. The number of carboxylic acid groups (broad SMARTS) is 1. The normalized spacial score (nSPS) is 10.6. The van der Waals surface area contributed by atoms with Gasteiger partial charge in [-0.25, -0.2) is 4.79 Å².